The zero-order valence-corrected chi connectivity index (χ0v) is 19.3. The zero-order valence-electron chi connectivity index (χ0n) is 17.7. The largest absolute Gasteiger partial charge is 0.304 e. The molecular weight excluding hydrogens is 444 g/mol. The van der Waals surface area contributed by atoms with Crippen molar-refractivity contribution in [2.24, 2.45) is 0 Å². The summed E-state index contributed by atoms with van der Waals surface area (Å²) in [5, 5.41) is 10.5. The van der Waals surface area contributed by atoms with Gasteiger partial charge < -0.3 is 5.32 Å². The van der Waals surface area contributed by atoms with Crippen molar-refractivity contribution >= 4 is 52.0 Å². The molecule has 0 radical (unpaired) electrons. The van der Waals surface area contributed by atoms with E-state index in [1.165, 1.54) is 16.7 Å². The van der Waals surface area contributed by atoms with Gasteiger partial charge in [0.1, 0.15) is 10.9 Å². The van der Waals surface area contributed by atoms with E-state index in [0.29, 0.717) is 14.9 Å². The molecule has 3 aromatic rings. The Kier molecular flexibility index (Phi) is 6.20. The molecule has 0 atom stereocenters. The number of nitrogens with zero attached hydrogens (tertiary/aromatic N) is 3. The lowest BCUT2D eigenvalue weighted by Gasteiger charge is -2.13. The zero-order chi connectivity index (χ0) is 22.8. The minimum atomic E-state index is -0.444. The van der Waals surface area contributed by atoms with Gasteiger partial charge >= 0.3 is 0 Å². The van der Waals surface area contributed by atoms with Crippen molar-refractivity contribution in [2.45, 2.75) is 20.8 Å². The van der Waals surface area contributed by atoms with Crippen LogP contribution in [-0.4, -0.2) is 37.9 Å². The second-order valence-electron chi connectivity index (χ2n) is 7.51. The maximum Gasteiger partial charge on any atom is 0.266 e. The molecule has 1 aliphatic rings. The van der Waals surface area contributed by atoms with E-state index in [0.717, 1.165) is 27.8 Å². The average Bonchev–Trinajstić information content (AvgIpc) is 3.31. The van der Waals surface area contributed by atoms with E-state index >= 15 is 0 Å². The Labute approximate surface area is 194 Å². The van der Waals surface area contributed by atoms with Crippen LogP contribution in [0.25, 0.3) is 17.3 Å². The molecule has 1 N–H and O–H groups in total. The van der Waals surface area contributed by atoms with Gasteiger partial charge in [0.25, 0.3) is 5.91 Å². The van der Waals surface area contributed by atoms with Crippen molar-refractivity contribution in [3.8, 4) is 11.3 Å². The van der Waals surface area contributed by atoms with Crippen LogP contribution >= 0.6 is 24.0 Å². The molecular formula is C23H20N4O3S2. The molecule has 0 bridgehead atoms. The van der Waals surface area contributed by atoms with Crippen LogP contribution in [0, 0.1) is 20.8 Å². The predicted molar refractivity (Wildman–Crippen MR) is 129 cm³/mol. The Morgan fingerprint density at radius 2 is 1.84 bits per heavy atom. The molecule has 32 heavy (non-hydrogen) atoms. The number of benzene rings is 2. The maximum absolute atomic E-state index is 12.8. The summed E-state index contributed by atoms with van der Waals surface area (Å²) in [6.07, 6.45) is 1.77. The third-order valence-corrected chi connectivity index (χ3v) is 6.32. The van der Waals surface area contributed by atoms with Crippen molar-refractivity contribution in [1.29, 1.82) is 0 Å². The SMILES string of the molecule is Cc1ccc(/C=C2\SC(=S)N(CC(=O)Nc3nonc3-c3cc(C)ccc3C)C2=O)cc1. The fourth-order valence-corrected chi connectivity index (χ4v) is 4.46. The number of nitrogens with one attached hydrogen (secondary N) is 1. The van der Waals surface area contributed by atoms with Crippen molar-refractivity contribution in [3.05, 3.63) is 69.6 Å². The number of carbonyl (C=O) groups is 2. The summed E-state index contributed by atoms with van der Waals surface area (Å²) in [5.41, 5.74) is 5.29. The molecule has 0 aliphatic carbocycles. The fraction of sp³-hybridized carbons (Fsp3) is 0.174. The van der Waals surface area contributed by atoms with E-state index in [2.05, 4.69) is 15.6 Å². The smallest absolute Gasteiger partial charge is 0.266 e. The Balaban J connectivity index is 1.48. The molecule has 162 valence electrons. The number of amides is 2. The lowest BCUT2D eigenvalue weighted by atomic mass is 10.0. The fourth-order valence-electron chi connectivity index (χ4n) is 3.20. The third-order valence-electron chi connectivity index (χ3n) is 4.94. The predicted octanol–water partition coefficient (Wildman–Crippen LogP) is 4.50. The van der Waals surface area contributed by atoms with Crippen LogP contribution in [0.3, 0.4) is 0 Å². The van der Waals surface area contributed by atoms with Crippen molar-refractivity contribution in [3.63, 3.8) is 0 Å². The van der Waals surface area contributed by atoms with Gasteiger partial charge in [0.2, 0.25) is 11.7 Å². The molecule has 1 saturated heterocycles. The van der Waals surface area contributed by atoms with Crippen LogP contribution in [0.5, 0.6) is 0 Å². The highest BCUT2D eigenvalue weighted by Crippen LogP contribution is 2.33. The minimum absolute atomic E-state index is 0.198. The van der Waals surface area contributed by atoms with Gasteiger partial charge in [0, 0.05) is 5.56 Å². The Morgan fingerprint density at radius 3 is 2.59 bits per heavy atom. The molecule has 1 aliphatic heterocycles. The molecule has 2 amide bonds. The first-order valence-corrected chi connectivity index (χ1v) is 11.1. The van der Waals surface area contributed by atoms with Crippen molar-refractivity contribution in [2.75, 3.05) is 11.9 Å². The summed E-state index contributed by atoms with van der Waals surface area (Å²) in [6.45, 7) is 5.68. The van der Waals surface area contributed by atoms with Gasteiger partial charge in [-0.3, -0.25) is 14.5 Å². The van der Waals surface area contributed by atoms with E-state index < -0.39 is 5.91 Å². The molecule has 2 heterocycles. The summed E-state index contributed by atoms with van der Waals surface area (Å²) in [7, 11) is 0. The van der Waals surface area contributed by atoms with E-state index in [4.69, 9.17) is 16.8 Å². The van der Waals surface area contributed by atoms with Gasteiger partial charge in [-0.1, -0.05) is 71.5 Å². The summed E-state index contributed by atoms with van der Waals surface area (Å²) in [5.74, 6) is -0.548. The van der Waals surface area contributed by atoms with Gasteiger partial charge in [-0.05, 0) is 54.4 Å². The molecule has 4 rings (SSSR count). The van der Waals surface area contributed by atoms with E-state index in [-0.39, 0.29) is 18.3 Å². The topological polar surface area (TPSA) is 88.3 Å². The Hall–Kier alpha value is -3.30. The highest BCUT2D eigenvalue weighted by Gasteiger charge is 2.33. The number of carbonyl (C=O) groups excluding carboxylic acids is 2. The van der Waals surface area contributed by atoms with Crippen LogP contribution in [0.4, 0.5) is 5.82 Å². The first-order chi connectivity index (χ1) is 15.3. The second-order valence-corrected chi connectivity index (χ2v) is 9.18. The van der Waals surface area contributed by atoms with Crippen LogP contribution in [-0.2, 0) is 9.59 Å². The first-order valence-electron chi connectivity index (χ1n) is 9.84. The number of aromatic nitrogens is 2. The number of thiocarbonyl (C=S) groups is 1. The summed E-state index contributed by atoms with van der Waals surface area (Å²) < 4.78 is 5.20. The molecule has 1 aromatic heterocycles. The Bertz CT molecular complexity index is 1250. The van der Waals surface area contributed by atoms with Crippen LogP contribution in [0.1, 0.15) is 22.3 Å². The quantitative estimate of drug-likeness (QED) is 0.439. The second kappa shape index (κ2) is 9.05. The third kappa shape index (κ3) is 4.63. The molecule has 2 aromatic carbocycles. The van der Waals surface area contributed by atoms with Crippen LogP contribution < -0.4 is 5.32 Å². The van der Waals surface area contributed by atoms with Crippen LogP contribution in [0.2, 0.25) is 0 Å². The van der Waals surface area contributed by atoms with Crippen molar-refractivity contribution in [1.82, 2.24) is 15.2 Å². The lowest BCUT2D eigenvalue weighted by molar-refractivity contribution is -0.126. The van der Waals surface area contributed by atoms with Crippen molar-refractivity contribution < 1.29 is 14.2 Å². The number of rotatable bonds is 5. The van der Waals surface area contributed by atoms with Crippen LogP contribution in [0.15, 0.2) is 52.0 Å². The minimum Gasteiger partial charge on any atom is -0.304 e. The number of aryl methyl sites for hydroxylation is 3. The number of thioether (sulfide) groups is 1. The monoisotopic (exact) mass is 464 g/mol. The highest BCUT2D eigenvalue weighted by molar-refractivity contribution is 8.26. The van der Waals surface area contributed by atoms with Gasteiger partial charge in [0.15, 0.2) is 5.69 Å². The molecule has 1 fully saturated rings. The van der Waals surface area contributed by atoms with E-state index in [1.807, 2.05) is 63.2 Å². The molecule has 0 spiro atoms. The summed E-state index contributed by atoms with van der Waals surface area (Å²) in [6, 6.07) is 13.7. The average molecular weight is 465 g/mol. The van der Waals surface area contributed by atoms with E-state index in [9.17, 15) is 9.59 Å². The number of hydrogen-bond donors (Lipinski definition) is 1. The molecule has 0 saturated carbocycles. The summed E-state index contributed by atoms with van der Waals surface area (Å²) in [4.78, 5) is 27.3. The van der Waals surface area contributed by atoms with Gasteiger partial charge in [-0.15, -0.1) is 0 Å². The number of hydrogen-bond acceptors (Lipinski definition) is 7. The Morgan fingerprint density at radius 1 is 1.12 bits per heavy atom. The standard InChI is InChI=1S/C23H20N4O3S2/c1-13-5-8-16(9-6-13)11-18-22(29)27(23(31)32-18)12-19(28)24-21-20(25-30-26-21)17-10-14(2)4-7-15(17)3/h4-11H,12H2,1-3H3,(H,24,26,28)/b18-11-. The van der Waals surface area contributed by atoms with E-state index in [1.54, 1.807) is 6.08 Å². The number of anilines is 1. The first kappa shape index (κ1) is 21.9. The molecule has 7 nitrogen and oxygen atoms in total. The normalized spacial score (nSPS) is 15.0. The molecule has 9 heteroatoms. The highest BCUT2D eigenvalue weighted by atomic mass is 32.2. The maximum atomic E-state index is 12.8. The van der Waals surface area contributed by atoms with Gasteiger partial charge in [-0.2, -0.15) is 0 Å². The summed E-state index contributed by atoms with van der Waals surface area (Å²) >= 11 is 6.51. The lowest BCUT2D eigenvalue weighted by Crippen LogP contribution is -2.36. The van der Waals surface area contributed by atoms with Gasteiger partial charge in [-0.25, -0.2) is 4.63 Å². The molecule has 0 unspecified atom stereocenters. The van der Waals surface area contributed by atoms with Gasteiger partial charge in [0.05, 0.1) is 4.91 Å².